The van der Waals surface area contributed by atoms with Crippen LogP contribution in [0, 0.1) is 0 Å². The average Bonchev–Trinajstić information content (AvgIpc) is 2.71. The third kappa shape index (κ3) is 3.18. The Balaban J connectivity index is 1.93. The highest BCUT2D eigenvalue weighted by molar-refractivity contribution is 8.01. The molecule has 6 heteroatoms. The summed E-state index contributed by atoms with van der Waals surface area (Å²) in [5.74, 6) is -0.275. The number of aliphatic carboxylic acids is 1. The first kappa shape index (κ1) is 12.3. The smallest absolute Gasteiger partial charge is 0.320 e. The predicted molar refractivity (Wildman–Crippen MR) is 70.6 cm³/mol. The van der Waals surface area contributed by atoms with Crippen molar-refractivity contribution in [2.24, 2.45) is 5.73 Å². The van der Waals surface area contributed by atoms with Gasteiger partial charge in [0.25, 0.3) is 0 Å². The Morgan fingerprint density at radius 2 is 2.29 bits per heavy atom. The second kappa shape index (κ2) is 5.48. The van der Waals surface area contributed by atoms with Crippen LogP contribution < -0.4 is 5.73 Å². The van der Waals surface area contributed by atoms with Crippen molar-refractivity contribution >= 4 is 39.3 Å². The highest BCUT2D eigenvalue weighted by Gasteiger charge is 2.11. The highest BCUT2D eigenvalue weighted by Crippen LogP contribution is 2.29. The summed E-state index contributed by atoms with van der Waals surface area (Å²) in [5.41, 5.74) is 6.41. The molecule has 1 unspecified atom stereocenters. The summed E-state index contributed by atoms with van der Waals surface area (Å²) in [6, 6.07) is 7.15. The first-order chi connectivity index (χ1) is 8.16. The van der Waals surface area contributed by atoms with Crippen molar-refractivity contribution in [1.29, 1.82) is 0 Å². The quantitative estimate of drug-likeness (QED) is 0.813. The number of nitrogens with zero attached hydrogens (tertiary/aromatic N) is 1. The minimum atomic E-state index is -0.949. The van der Waals surface area contributed by atoms with Crippen molar-refractivity contribution in [2.45, 2.75) is 16.8 Å². The van der Waals surface area contributed by atoms with Crippen molar-refractivity contribution in [1.82, 2.24) is 4.98 Å². The third-order valence-corrected chi connectivity index (χ3v) is 4.46. The van der Waals surface area contributed by atoms with Gasteiger partial charge in [-0.3, -0.25) is 4.79 Å². The van der Waals surface area contributed by atoms with Gasteiger partial charge in [0.2, 0.25) is 0 Å². The van der Waals surface area contributed by atoms with Crippen LogP contribution >= 0.6 is 23.1 Å². The molecule has 0 aliphatic heterocycles. The van der Waals surface area contributed by atoms with Gasteiger partial charge >= 0.3 is 5.97 Å². The number of thioether (sulfide) groups is 1. The van der Waals surface area contributed by atoms with Crippen LogP contribution in [0.1, 0.15) is 6.42 Å². The van der Waals surface area contributed by atoms with Gasteiger partial charge in [0.15, 0.2) is 4.34 Å². The lowest BCUT2D eigenvalue weighted by Gasteiger charge is -2.03. The fourth-order valence-electron chi connectivity index (χ4n) is 1.31. The maximum Gasteiger partial charge on any atom is 0.320 e. The zero-order valence-corrected chi connectivity index (χ0v) is 10.6. The van der Waals surface area contributed by atoms with E-state index in [1.165, 1.54) is 0 Å². The Labute approximate surface area is 107 Å². The maximum atomic E-state index is 10.5. The summed E-state index contributed by atoms with van der Waals surface area (Å²) in [7, 11) is 0. The highest BCUT2D eigenvalue weighted by atomic mass is 32.2. The van der Waals surface area contributed by atoms with Gasteiger partial charge in [-0.25, -0.2) is 4.98 Å². The van der Waals surface area contributed by atoms with Crippen LogP contribution in [0.4, 0.5) is 0 Å². The van der Waals surface area contributed by atoms with Crippen molar-refractivity contribution < 1.29 is 9.90 Å². The monoisotopic (exact) mass is 268 g/mol. The Morgan fingerprint density at radius 1 is 1.53 bits per heavy atom. The molecule has 0 amide bonds. The molecule has 0 aliphatic carbocycles. The van der Waals surface area contributed by atoms with E-state index in [0.717, 1.165) is 14.6 Å². The van der Waals surface area contributed by atoms with Crippen molar-refractivity contribution in [3.8, 4) is 0 Å². The van der Waals surface area contributed by atoms with Crippen LogP contribution in [0.15, 0.2) is 28.6 Å². The number of rotatable bonds is 5. The van der Waals surface area contributed by atoms with E-state index in [-0.39, 0.29) is 0 Å². The Hall–Kier alpha value is -1.11. The standard InChI is InChI=1S/C11H12N2O2S2/c12-7(10(14)15)5-6-16-11-13-8-3-1-2-4-9(8)17-11/h1-4,7H,5-6,12H2,(H,14,15). The van der Waals surface area contributed by atoms with Gasteiger partial charge in [0.1, 0.15) is 6.04 Å². The van der Waals surface area contributed by atoms with Gasteiger partial charge in [0, 0.05) is 5.75 Å². The molecule has 1 aromatic carbocycles. The van der Waals surface area contributed by atoms with E-state index in [4.69, 9.17) is 10.8 Å². The minimum Gasteiger partial charge on any atom is -0.480 e. The molecule has 90 valence electrons. The molecule has 2 aromatic rings. The Morgan fingerprint density at radius 3 is 3.00 bits per heavy atom. The lowest BCUT2D eigenvalue weighted by molar-refractivity contribution is -0.138. The van der Waals surface area contributed by atoms with Gasteiger partial charge in [-0.05, 0) is 18.6 Å². The molecule has 4 nitrogen and oxygen atoms in total. The number of carboxylic acids is 1. The van der Waals surface area contributed by atoms with Crippen molar-refractivity contribution in [3.05, 3.63) is 24.3 Å². The lowest BCUT2D eigenvalue weighted by Crippen LogP contribution is -2.30. The number of para-hydroxylation sites is 1. The molecule has 0 saturated carbocycles. The Kier molecular flexibility index (Phi) is 3.98. The summed E-state index contributed by atoms with van der Waals surface area (Å²) in [6.07, 6.45) is 0.454. The molecule has 0 fully saturated rings. The summed E-state index contributed by atoms with van der Waals surface area (Å²) < 4.78 is 2.11. The minimum absolute atomic E-state index is 0.454. The number of carboxylic acid groups (broad SMARTS) is 1. The number of carbonyl (C=O) groups is 1. The fraction of sp³-hybridized carbons (Fsp3) is 0.273. The van der Waals surface area contributed by atoms with Crippen molar-refractivity contribution in [3.63, 3.8) is 0 Å². The van der Waals surface area contributed by atoms with Crippen LogP contribution in [0.3, 0.4) is 0 Å². The molecule has 2 rings (SSSR count). The van der Waals surface area contributed by atoms with Crippen LogP contribution in [0.5, 0.6) is 0 Å². The molecule has 17 heavy (non-hydrogen) atoms. The molecule has 0 radical (unpaired) electrons. The van der Waals surface area contributed by atoms with Crippen LogP contribution in [-0.2, 0) is 4.79 Å². The molecule has 1 heterocycles. The molecule has 1 atom stereocenters. The van der Waals surface area contributed by atoms with Gasteiger partial charge in [0.05, 0.1) is 10.2 Å². The molecular weight excluding hydrogens is 256 g/mol. The van der Waals surface area contributed by atoms with Crippen LogP contribution in [0.2, 0.25) is 0 Å². The molecule has 0 saturated heterocycles. The first-order valence-electron chi connectivity index (χ1n) is 5.13. The van der Waals surface area contributed by atoms with Gasteiger partial charge in [-0.2, -0.15) is 0 Å². The van der Waals surface area contributed by atoms with E-state index in [2.05, 4.69) is 4.98 Å². The normalized spacial score (nSPS) is 12.8. The van der Waals surface area contributed by atoms with E-state index in [1.54, 1.807) is 23.1 Å². The van der Waals surface area contributed by atoms with E-state index < -0.39 is 12.0 Å². The lowest BCUT2D eigenvalue weighted by atomic mass is 10.2. The Bertz CT molecular complexity index is 494. The first-order valence-corrected chi connectivity index (χ1v) is 6.94. The molecule has 0 aliphatic rings. The predicted octanol–water partition coefficient (Wildman–Crippen LogP) is 2.19. The molecule has 1 aromatic heterocycles. The topological polar surface area (TPSA) is 76.2 Å². The molecular formula is C11H12N2O2S2. The summed E-state index contributed by atoms with van der Waals surface area (Å²) in [4.78, 5) is 15.0. The second-order valence-electron chi connectivity index (χ2n) is 3.53. The van der Waals surface area contributed by atoms with E-state index in [9.17, 15) is 4.79 Å². The number of hydrogen-bond donors (Lipinski definition) is 2. The van der Waals surface area contributed by atoms with Gasteiger partial charge in [-0.1, -0.05) is 23.9 Å². The largest absolute Gasteiger partial charge is 0.480 e. The summed E-state index contributed by atoms with van der Waals surface area (Å²) in [5, 5.41) is 8.65. The van der Waals surface area contributed by atoms with Crippen LogP contribution in [-0.4, -0.2) is 27.9 Å². The number of hydrogen-bond acceptors (Lipinski definition) is 5. The maximum absolute atomic E-state index is 10.5. The SMILES string of the molecule is NC(CCSc1nc2ccccc2s1)C(=O)O. The number of aromatic nitrogens is 1. The molecule has 3 N–H and O–H groups in total. The number of thiazole rings is 1. The zero-order chi connectivity index (χ0) is 12.3. The zero-order valence-electron chi connectivity index (χ0n) is 9.00. The van der Waals surface area contributed by atoms with E-state index >= 15 is 0 Å². The average molecular weight is 268 g/mol. The van der Waals surface area contributed by atoms with E-state index in [1.807, 2.05) is 24.3 Å². The number of benzene rings is 1. The third-order valence-electron chi connectivity index (χ3n) is 2.25. The van der Waals surface area contributed by atoms with Crippen molar-refractivity contribution in [2.75, 3.05) is 5.75 Å². The molecule has 0 spiro atoms. The molecule has 0 bridgehead atoms. The van der Waals surface area contributed by atoms with Crippen LogP contribution in [0.25, 0.3) is 10.2 Å². The van der Waals surface area contributed by atoms with Gasteiger partial charge in [-0.15, -0.1) is 11.3 Å². The fourth-order valence-corrected chi connectivity index (χ4v) is 3.47. The van der Waals surface area contributed by atoms with Gasteiger partial charge < -0.3 is 10.8 Å². The number of fused-ring (bicyclic) bond motifs is 1. The summed E-state index contributed by atoms with van der Waals surface area (Å²) in [6.45, 7) is 0. The summed E-state index contributed by atoms with van der Waals surface area (Å²) >= 11 is 3.18. The van der Waals surface area contributed by atoms with E-state index in [0.29, 0.717) is 12.2 Å². The second-order valence-corrected chi connectivity index (χ2v) is 5.90. The number of nitrogens with two attached hydrogens (primary N) is 1.